The zero-order chi connectivity index (χ0) is 33.1. The van der Waals surface area contributed by atoms with E-state index in [4.69, 9.17) is 14.2 Å². The molecule has 4 aromatic rings. The van der Waals surface area contributed by atoms with Gasteiger partial charge in [0.15, 0.2) is 17.3 Å². The fourth-order valence-corrected chi connectivity index (χ4v) is 6.85. The summed E-state index contributed by atoms with van der Waals surface area (Å²) >= 11 is 1.31. The zero-order valence-corrected chi connectivity index (χ0v) is 27.2. The largest absolute Gasteiger partial charge is 0.493 e. The van der Waals surface area contributed by atoms with E-state index < -0.39 is 11.9 Å². The van der Waals surface area contributed by atoms with Gasteiger partial charge in [0, 0.05) is 55.3 Å². The lowest BCUT2D eigenvalue weighted by Gasteiger charge is -2.34. The standard InChI is InChI=1S/C33H36N6O7S/c1-38-18-28(37-30(38)31(41)35-20-9-10-26-19(13-20)14-27(47-26)33(43)45-3)36-29(40)8-6-12-46-25-16-23-22(15-24(25)44-2)32(42)39-11-5-4-7-21(39)17-34-23/h9-10,13-16,18,21,34H,4-8,11-12,17H2,1-3H3,(H,35,41)(H,36,40)/t21-/m0/s1. The Morgan fingerprint density at radius 3 is 2.74 bits per heavy atom. The Labute approximate surface area is 275 Å². The van der Waals surface area contributed by atoms with Gasteiger partial charge in [-0.25, -0.2) is 9.78 Å². The Morgan fingerprint density at radius 1 is 1.09 bits per heavy atom. The van der Waals surface area contributed by atoms with Crippen molar-refractivity contribution in [3.05, 3.63) is 58.9 Å². The maximum Gasteiger partial charge on any atom is 0.348 e. The quantitative estimate of drug-likeness (QED) is 0.159. The summed E-state index contributed by atoms with van der Waals surface area (Å²) < 4.78 is 18.7. The molecule has 2 aliphatic rings. The highest BCUT2D eigenvalue weighted by atomic mass is 32.1. The number of aryl methyl sites for hydroxylation is 1. The van der Waals surface area contributed by atoms with Crippen LogP contribution in [0.3, 0.4) is 0 Å². The molecule has 1 saturated heterocycles. The minimum Gasteiger partial charge on any atom is -0.493 e. The Balaban J connectivity index is 1.01. The molecule has 47 heavy (non-hydrogen) atoms. The van der Waals surface area contributed by atoms with E-state index in [1.807, 2.05) is 11.0 Å². The van der Waals surface area contributed by atoms with E-state index in [0.717, 1.165) is 35.9 Å². The second-order valence-electron chi connectivity index (χ2n) is 11.4. The van der Waals surface area contributed by atoms with E-state index in [2.05, 4.69) is 20.9 Å². The third-order valence-electron chi connectivity index (χ3n) is 8.26. The van der Waals surface area contributed by atoms with Gasteiger partial charge in [-0.1, -0.05) is 0 Å². The number of rotatable bonds is 10. The van der Waals surface area contributed by atoms with Crippen molar-refractivity contribution in [3.63, 3.8) is 0 Å². The van der Waals surface area contributed by atoms with Crippen molar-refractivity contribution in [2.24, 2.45) is 7.05 Å². The average molecular weight is 661 g/mol. The molecule has 0 saturated carbocycles. The number of methoxy groups -OCH3 is 2. The maximum absolute atomic E-state index is 13.3. The van der Waals surface area contributed by atoms with Crippen LogP contribution in [-0.4, -0.2) is 78.1 Å². The minimum atomic E-state index is -0.453. The van der Waals surface area contributed by atoms with E-state index in [1.54, 1.807) is 43.6 Å². The molecule has 2 aliphatic heterocycles. The van der Waals surface area contributed by atoms with Crippen molar-refractivity contribution in [1.29, 1.82) is 0 Å². The molecular formula is C33H36N6O7S. The number of ether oxygens (including phenoxy) is 3. The van der Waals surface area contributed by atoms with Gasteiger partial charge in [0.1, 0.15) is 4.88 Å². The highest BCUT2D eigenvalue weighted by Gasteiger charge is 2.32. The van der Waals surface area contributed by atoms with Crippen LogP contribution in [0.5, 0.6) is 11.5 Å². The van der Waals surface area contributed by atoms with Crippen LogP contribution in [-0.2, 0) is 16.6 Å². The number of nitrogens with one attached hydrogen (secondary N) is 3. The predicted octanol–water partition coefficient (Wildman–Crippen LogP) is 4.90. The number of fused-ring (bicyclic) bond motifs is 3. The number of amides is 3. The highest BCUT2D eigenvalue weighted by molar-refractivity contribution is 7.20. The molecule has 4 heterocycles. The van der Waals surface area contributed by atoms with Crippen LogP contribution in [0, 0.1) is 0 Å². The first-order chi connectivity index (χ1) is 22.7. The van der Waals surface area contributed by atoms with E-state index in [-0.39, 0.29) is 42.5 Å². The Hall–Kier alpha value is -5.11. The number of anilines is 3. The van der Waals surface area contributed by atoms with Gasteiger partial charge in [0.2, 0.25) is 11.7 Å². The molecule has 0 spiro atoms. The number of imidazole rings is 1. The number of aromatic nitrogens is 2. The summed E-state index contributed by atoms with van der Waals surface area (Å²) in [6, 6.07) is 10.7. The molecular weight excluding hydrogens is 624 g/mol. The topological polar surface area (TPSA) is 153 Å². The minimum absolute atomic E-state index is 0.00165. The number of hydrogen-bond acceptors (Lipinski definition) is 10. The number of thiophene rings is 1. The van der Waals surface area contributed by atoms with E-state index in [1.165, 1.54) is 30.1 Å². The number of carbonyl (C=O) groups is 4. The second-order valence-corrected chi connectivity index (χ2v) is 12.5. The first-order valence-electron chi connectivity index (χ1n) is 15.4. The van der Waals surface area contributed by atoms with Crippen LogP contribution in [0.2, 0.25) is 0 Å². The molecule has 1 fully saturated rings. The third kappa shape index (κ3) is 6.87. The van der Waals surface area contributed by atoms with Crippen LogP contribution in [0.4, 0.5) is 17.2 Å². The lowest BCUT2D eigenvalue weighted by molar-refractivity contribution is -0.116. The summed E-state index contributed by atoms with van der Waals surface area (Å²) in [5.74, 6) is 0.174. The normalized spacial score (nSPS) is 15.6. The van der Waals surface area contributed by atoms with Gasteiger partial charge in [-0.15, -0.1) is 11.3 Å². The lowest BCUT2D eigenvalue weighted by atomic mass is 10.0. The molecule has 2 aromatic carbocycles. The Morgan fingerprint density at radius 2 is 1.94 bits per heavy atom. The van der Waals surface area contributed by atoms with Crippen molar-refractivity contribution < 1.29 is 33.4 Å². The fourth-order valence-electron chi connectivity index (χ4n) is 5.89. The fraction of sp³-hybridized carbons (Fsp3) is 0.364. The van der Waals surface area contributed by atoms with Crippen molar-refractivity contribution in [2.45, 2.75) is 38.1 Å². The van der Waals surface area contributed by atoms with Crippen molar-refractivity contribution >= 4 is 62.3 Å². The van der Waals surface area contributed by atoms with Gasteiger partial charge in [0.05, 0.1) is 32.1 Å². The van der Waals surface area contributed by atoms with Crippen LogP contribution in [0.25, 0.3) is 10.1 Å². The van der Waals surface area contributed by atoms with Crippen LogP contribution >= 0.6 is 11.3 Å². The van der Waals surface area contributed by atoms with Gasteiger partial charge in [0.25, 0.3) is 11.8 Å². The summed E-state index contributed by atoms with van der Waals surface area (Å²) in [6.45, 7) is 1.69. The number of piperidine rings is 1. The number of hydrogen-bond donors (Lipinski definition) is 3. The molecule has 0 radical (unpaired) electrons. The molecule has 246 valence electrons. The van der Waals surface area contributed by atoms with E-state index >= 15 is 0 Å². The van der Waals surface area contributed by atoms with Gasteiger partial charge < -0.3 is 39.6 Å². The maximum atomic E-state index is 13.3. The summed E-state index contributed by atoms with van der Waals surface area (Å²) in [6.07, 6.45) is 5.25. The number of benzene rings is 2. The lowest BCUT2D eigenvalue weighted by Crippen LogP contribution is -2.45. The first-order valence-corrected chi connectivity index (χ1v) is 16.2. The molecule has 2 aromatic heterocycles. The summed E-state index contributed by atoms with van der Waals surface area (Å²) in [5.41, 5.74) is 1.82. The molecule has 3 amide bonds. The number of carbonyl (C=O) groups excluding carboxylic acids is 4. The summed E-state index contributed by atoms with van der Waals surface area (Å²) in [5, 5.41) is 9.76. The van der Waals surface area contributed by atoms with Crippen molar-refractivity contribution in [1.82, 2.24) is 14.5 Å². The smallest absolute Gasteiger partial charge is 0.348 e. The molecule has 1 atom stereocenters. The van der Waals surface area contributed by atoms with E-state index in [0.29, 0.717) is 46.3 Å². The van der Waals surface area contributed by atoms with Crippen molar-refractivity contribution in [2.75, 3.05) is 49.9 Å². The van der Waals surface area contributed by atoms with Gasteiger partial charge in [-0.05, 0) is 61.4 Å². The van der Waals surface area contributed by atoms with Crippen molar-refractivity contribution in [3.8, 4) is 11.5 Å². The highest BCUT2D eigenvalue weighted by Crippen LogP contribution is 2.37. The average Bonchev–Trinajstić information content (AvgIpc) is 3.63. The Kier molecular flexibility index (Phi) is 9.29. The number of esters is 1. The van der Waals surface area contributed by atoms with Gasteiger partial charge >= 0.3 is 5.97 Å². The zero-order valence-electron chi connectivity index (χ0n) is 26.4. The van der Waals surface area contributed by atoms with E-state index in [9.17, 15) is 19.2 Å². The molecule has 13 nitrogen and oxygen atoms in total. The van der Waals surface area contributed by atoms with Crippen LogP contribution < -0.4 is 25.4 Å². The molecule has 6 rings (SSSR count). The Bertz CT molecular complexity index is 1850. The monoisotopic (exact) mass is 660 g/mol. The first kappa shape index (κ1) is 31.9. The number of nitrogens with zero attached hydrogens (tertiary/aromatic N) is 3. The molecule has 0 aliphatic carbocycles. The SMILES string of the molecule is COC(=O)c1cc2cc(NC(=O)c3nc(NC(=O)CCCOc4cc5c(cc4OC)C(=O)N4CCCC[C@H]4CN5)cn3C)ccc2s1. The van der Waals surface area contributed by atoms with Gasteiger partial charge in [-0.2, -0.15) is 0 Å². The molecule has 14 heteroatoms. The third-order valence-corrected chi connectivity index (χ3v) is 9.36. The molecule has 0 unspecified atom stereocenters. The molecule has 0 bridgehead atoms. The van der Waals surface area contributed by atoms with Crippen LogP contribution in [0.1, 0.15) is 62.8 Å². The predicted molar refractivity (Wildman–Crippen MR) is 178 cm³/mol. The summed E-state index contributed by atoms with van der Waals surface area (Å²) in [7, 11) is 4.53. The van der Waals surface area contributed by atoms with Crippen LogP contribution in [0.15, 0.2) is 42.6 Å². The van der Waals surface area contributed by atoms with Gasteiger partial charge in [-0.3, -0.25) is 14.4 Å². The molecule has 3 N–H and O–H groups in total. The second kappa shape index (κ2) is 13.7. The summed E-state index contributed by atoms with van der Waals surface area (Å²) in [4.78, 5) is 57.5.